The van der Waals surface area contributed by atoms with Gasteiger partial charge in [0.1, 0.15) is 27.7 Å². The predicted molar refractivity (Wildman–Crippen MR) is 248 cm³/mol. The van der Waals surface area contributed by atoms with Crippen LogP contribution in [0.15, 0.2) is 113 Å². The Balaban J connectivity index is 1.49. The highest BCUT2D eigenvalue weighted by Crippen LogP contribution is 2.44. The lowest BCUT2D eigenvalue weighted by Gasteiger charge is -2.27. The maximum absolute atomic E-state index is 16.1. The maximum Gasteiger partial charge on any atom is 0.407 e. The summed E-state index contributed by atoms with van der Waals surface area (Å²) >= 11 is 0. The number of rotatable bonds is 17. The second-order valence-electron chi connectivity index (χ2n) is 16.3. The molecule has 5 aromatic carbocycles. The molecule has 0 saturated carbocycles. The van der Waals surface area contributed by atoms with Crippen LogP contribution in [0.3, 0.4) is 0 Å². The standard InChI is InChI=1S/C46H51N9O9S2/c1-29(25-48-45(56)64-46(2,3)4)65(57,58)39-24-23-36(37-9-8-10-38-41(37)50-44(47)49-38)40(43-51-53-55(52-43)28-32-15-21-35(63-7)22-16-32)42(39)66(59,60)54(26-30-11-17-33(61-5)18-12-30)27-31-13-19-34(62-6)20-14-31/h8-24,29H,25-28H2,1-7H3,(H,48,56)(H3,47,49,50)/t29-/m0/s1. The van der Waals surface area contributed by atoms with E-state index in [9.17, 15) is 4.79 Å². The fourth-order valence-electron chi connectivity index (χ4n) is 7.16. The van der Waals surface area contributed by atoms with Gasteiger partial charge in [0.2, 0.25) is 15.8 Å². The van der Waals surface area contributed by atoms with E-state index in [-0.39, 0.29) is 42.5 Å². The van der Waals surface area contributed by atoms with Gasteiger partial charge in [-0.3, -0.25) is 0 Å². The summed E-state index contributed by atoms with van der Waals surface area (Å²) in [4.78, 5) is 20.4. The number of nitrogens with zero attached hydrogens (tertiary/aromatic N) is 6. The minimum absolute atomic E-state index is 0.103. The minimum atomic E-state index is -4.95. The molecular formula is C46H51N9O9S2. The van der Waals surface area contributed by atoms with Crippen LogP contribution in [0.2, 0.25) is 0 Å². The number of sulfone groups is 1. The number of ether oxygens (including phenoxy) is 4. The second-order valence-corrected chi connectivity index (χ2v) is 20.5. The molecule has 0 unspecified atom stereocenters. The van der Waals surface area contributed by atoms with Gasteiger partial charge in [-0.25, -0.2) is 26.6 Å². The molecule has 0 aliphatic carbocycles. The number of nitrogens with two attached hydrogens (primary N) is 1. The van der Waals surface area contributed by atoms with E-state index in [1.54, 1.807) is 107 Å². The number of aromatic nitrogens is 6. The highest BCUT2D eigenvalue weighted by atomic mass is 32.2. The number of anilines is 1. The number of nitrogen functional groups attached to an aromatic ring is 1. The molecule has 66 heavy (non-hydrogen) atoms. The molecule has 18 nitrogen and oxygen atoms in total. The van der Waals surface area contributed by atoms with Crippen LogP contribution >= 0.6 is 0 Å². The molecule has 0 fully saturated rings. The van der Waals surface area contributed by atoms with Crippen LogP contribution in [-0.4, -0.2) is 96.1 Å². The van der Waals surface area contributed by atoms with Crippen molar-refractivity contribution in [3.05, 3.63) is 120 Å². The Bertz CT molecular complexity index is 3010. The first-order chi connectivity index (χ1) is 31.4. The summed E-state index contributed by atoms with van der Waals surface area (Å²) < 4.78 is 85.1. The van der Waals surface area contributed by atoms with Gasteiger partial charge in [-0.15, -0.1) is 10.2 Å². The van der Waals surface area contributed by atoms with Crippen LogP contribution in [0.5, 0.6) is 17.2 Å². The molecule has 4 N–H and O–H groups in total. The van der Waals surface area contributed by atoms with Crippen LogP contribution in [0.1, 0.15) is 44.4 Å². The molecule has 0 bridgehead atoms. The fourth-order valence-corrected chi connectivity index (χ4v) is 10.9. The molecule has 0 saturated heterocycles. The van der Waals surface area contributed by atoms with Crippen molar-refractivity contribution < 1.29 is 40.6 Å². The van der Waals surface area contributed by atoms with Crippen molar-refractivity contribution in [3.8, 4) is 39.8 Å². The number of para-hydroxylation sites is 1. The number of benzene rings is 5. The number of aromatic amines is 1. The summed E-state index contributed by atoms with van der Waals surface area (Å²) in [5.74, 6) is 1.66. The number of nitrogens with one attached hydrogen (secondary N) is 2. The van der Waals surface area contributed by atoms with Gasteiger partial charge >= 0.3 is 6.09 Å². The van der Waals surface area contributed by atoms with Crippen LogP contribution in [0, 0.1) is 0 Å². The smallest absolute Gasteiger partial charge is 0.407 e. The van der Waals surface area contributed by atoms with Crippen molar-refractivity contribution in [1.82, 2.24) is 39.8 Å². The van der Waals surface area contributed by atoms with Crippen LogP contribution in [-0.2, 0) is 44.2 Å². The molecule has 1 amide bonds. The van der Waals surface area contributed by atoms with Crippen molar-refractivity contribution in [2.75, 3.05) is 33.6 Å². The number of carbonyl (C=O) groups is 1. The number of hydrogen-bond acceptors (Lipinski definition) is 14. The monoisotopic (exact) mass is 937 g/mol. The Morgan fingerprint density at radius 2 is 1.35 bits per heavy atom. The van der Waals surface area contributed by atoms with Gasteiger partial charge in [-0.05, 0) is 104 Å². The average Bonchev–Trinajstić information content (AvgIpc) is 3.93. The van der Waals surface area contributed by atoms with E-state index in [1.165, 1.54) is 42.4 Å². The molecule has 7 rings (SSSR count). The number of sulfonamides is 1. The molecule has 20 heteroatoms. The summed E-state index contributed by atoms with van der Waals surface area (Å²) in [5, 5.41) is 14.6. The lowest BCUT2D eigenvalue weighted by molar-refractivity contribution is 0.0528. The van der Waals surface area contributed by atoms with Crippen molar-refractivity contribution in [1.29, 1.82) is 0 Å². The molecule has 0 aliphatic heterocycles. The van der Waals surface area contributed by atoms with Crippen molar-refractivity contribution in [3.63, 3.8) is 0 Å². The first kappa shape index (κ1) is 46.9. The Kier molecular flexibility index (Phi) is 13.7. The molecule has 0 spiro atoms. The van der Waals surface area contributed by atoms with E-state index < -0.39 is 53.1 Å². The van der Waals surface area contributed by atoms with Gasteiger partial charge < -0.3 is 35.0 Å². The quantitative estimate of drug-likeness (QED) is 0.0871. The lowest BCUT2D eigenvalue weighted by Crippen LogP contribution is -2.39. The number of hydrogen-bond donors (Lipinski definition) is 3. The third kappa shape index (κ3) is 10.4. The van der Waals surface area contributed by atoms with Gasteiger partial charge in [0.15, 0.2) is 15.8 Å². The first-order valence-electron chi connectivity index (χ1n) is 20.7. The Morgan fingerprint density at radius 3 is 1.89 bits per heavy atom. The highest BCUT2D eigenvalue weighted by molar-refractivity contribution is 7.94. The number of alkyl carbamates (subject to hydrolysis) is 1. The van der Waals surface area contributed by atoms with E-state index in [2.05, 4.69) is 25.6 Å². The molecule has 2 aromatic heterocycles. The predicted octanol–water partition coefficient (Wildman–Crippen LogP) is 6.62. The number of fused-ring (bicyclic) bond motifs is 1. The van der Waals surface area contributed by atoms with Crippen LogP contribution in [0.4, 0.5) is 10.7 Å². The molecule has 7 aromatic rings. The zero-order chi connectivity index (χ0) is 47.4. The topological polar surface area (TPSA) is 236 Å². The second kappa shape index (κ2) is 19.2. The van der Waals surface area contributed by atoms with E-state index in [4.69, 9.17) is 29.8 Å². The largest absolute Gasteiger partial charge is 0.497 e. The summed E-state index contributed by atoms with van der Waals surface area (Å²) in [6.07, 6.45) is -0.844. The average molecular weight is 938 g/mol. The zero-order valence-electron chi connectivity index (χ0n) is 37.5. The van der Waals surface area contributed by atoms with E-state index in [0.29, 0.717) is 45.0 Å². The number of tetrazole rings is 1. The fraction of sp³-hybridized carbons (Fsp3) is 0.283. The Labute approximate surface area is 383 Å². The van der Waals surface area contributed by atoms with Crippen LogP contribution < -0.4 is 25.3 Å². The third-order valence-electron chi connectivity index (χ3n) is 10.5. The zero-order valence-corrected chi connectivity index (χ0v) is 39.1. The highest BCUT2D eigenvalue weighted by Gasteiger charge is 2.40. The van der Waals surface area contributed by atoms with Gasteiger partial charge in [0.05, 0.1) is 54.6 Å². The van der Waals surface area contributed by atoms with Crippen molar-refractivity contribution in [2.45, 2.75) is 68.0 Å². The SMILES string of the molecule is COc1ccc(CN(Cc2ccc(OC)cc2)S(=O)(=O)c2c(S(=O)(=O)[C@@H](C)CNC(=O)OC(C)(C)C)ccc(-c3cccc4nc(N)[nH]c34)c2-c2nnn(Cc3ccc(OC)cc3)n2)cc1. The summed E-state index contributed by atoms with van der Waals surface area (Å²) in [5.41, 5.74) is 8.64. The first-order valence-corrected chi connectivity index (χ1v) is 23.7. The molecule has 1 atom stereocenters. The molecular weight excluding hydrogens is 887 g/mol. The Morgan fingerprint density at radius 1 is 0.788 bits per heavy atom. The summed E-state index contributed by atoms with van der Waals surface area (Å²) in [6, 6.07) is 28.9. The number of amides is 1. The number of H-pyrrole nitrogens is 1. The molecule has 0 radical (unpaired) electrons. The van der Waals surface area contributed by atoms with E-state index in [0.717, 1.165) is 5.56 Å². The number of imidazole rings is 1. The summed E-state index contributed by atoms with van der Waals surface area (Å²) in [6.45, 7) is 5.69. The van der Waals surface area contributed by atoms with Crippen LogP contribution in [0.25, 0.3) is 33.5 Å². The van der Waals surface area contributed by atoms with Gasteiger partial charge in [0.25, 0.3) is 0 Å². The number of carbonyl (C=O) groups excluding carboxylic acids is 1. The summed E-state index contributed by atoms with van der Waals surface area (Å²) in [7, 11) is -4.99. The maximum atomic E-state index is 16.1. The molecule has 2 heterocycles. The lowest BCUT2D eigenvalue weighted by atomic mass is 9.98. The van der Waals surface area contributed by atoms with E-state index >= 15 is 16.8 Å². The molecule has 0 aliphatic rings. The van der Waals surface area contributed by atoms with Gasteiger partial charge in [-0.2, -0.15) is 9.10 Å². The molecule has 346 valence electrons. The minimum Gasteiger partial charge on any atom is -0.497 e. The van der Waals surface area contributed by atoms with Gasteiger partial charge in [0, 0.05) is 25.2 Å². The van der Waals surface area contributed by atoms with Crippen molar-refractivity contribution >= 4 is 42.9 Å². The van der Waals surface area contributed by atoms with Gasteiger partial charge in [-0.1, -0.05) is 54.6 Å². The van der Waals surface area contributed by atoms with E-state index in [1.807, 2.05) is 12.1 Å². The third-order valence-corrected chi connectivity index (χ3v) is 14.7. The Hall–Kier alpha value is -7.03. The normalized spacial score (nSPS) is 12.5. The number of methoxy groups -OCH3 is 3. The van der Waals surface area contributed by atoms with Crippen molar-refractivity contribution in [2.24, 2.45) is 0 Å².